The summed E-state index contributed by atoms with van der Waals surface area (Å²) in [5, 5.41) is 2.31. The van der Waals surface area contributed by atoms with E-state index in [9.17, 15) is 18.8 Å². The molecular formula is C16H13BrFNO5. The number of furan rings is 1. The van der Waals surface area contributed by atoms with Gasteiger partial charge in [0.15, 0.2) is 16.5 Å². The Balaban J connectivity index is 1.84. The van der Waals surface area contributed by atoms with Crippen LogP contribution in [0.3, 0.4) is 0 Å². The summed E-state index contributed by atoms with van der Waals surface area (Å²) in [6, 6.07) is 7.87. The molecule has 0 aliphatic heterocycles. The van der Waals surface area contributed by atoms with Gasteiger partial charge in [-0.25, -0.2) is 4.39 Å². The van der Waals surface area contributed by atoms with Crippen LogP contribution in [0.1, 0.15) is 27.8 Å². The molecule has 1 atom stereocenters. The molecule has 0 aliphatic rings. The number of ketones is 1. The summed E-state index contributed by atoms with van der Waals surface area (Å²) in [5.41, 5.74) is 0.223. The molecule has 1 aromatic heterocycles. The van der Waals surface area contributed by atoms with Crippen molar-refractivity contribution in [3.05, 3.63) is 58.2 Å². The number of halogens is 2. The van der Waals surface area contributed by atoms with E-state index in [1.165, 1.54) is 31.2 Å². The molecule has 0 aliphatic carbocycles. The monoisotopic (exact) mass is 397 g/mol. The lowest BCUT2D eigenvalue weighted by Crippen LogP contribution is -2.33. The largest absolute Gasteiger partial charge is 0.453 e. The maximum Gasteiger partial charge on any atom is 0.326 e. The topological polar surface area (TPSA) is 85.6 Å². The third kappa shape index (κ3) is 4.76. The molecule has 24 heavy (non-hydrogen) atoms. The van der Waals surface area contributed by atoms with E-state index in [2.05, 4.69) is 21.2 Å². The number of hydrogen-bond donors (Lipinski definition) is 1. The van der Waals surface area contributed by atoms with Crippen molar-refractivity contribution in [2.24, 2.45) is 0 Å². The van der Waals surface area contributed by atoms with Crippen LogP contribution < -0.4 is 5.32 Å². The molecule has 0 unspecified atom stereocenters. The van der Waals surface area contributed by atoms with Crippen LogP contribution in [-0.4, -0.2) is 30.3 Å². The summed E-state index contributed by atoms with van der Waals surface area (Å²) in [6.45, 7) is 0.979. The molecule has 0 bridgehead atoms. The van der Waals surface area contributed by atoms with E-state index in [4.69, 9.17) is 9.15 Å². The molecule has 1 heterocycles. The van der Waals surface area contributed by atoms with Gasteiger partial charge in [0.1, 0.15) is 12.4 Å². The van der Waals surface area contributed by atoms with Crippen LogP contribution in [0.5, 0.6) is 0 Å². The fourth-order valence-corrected chi connectivity index (χ4v) is 2.12. The standard InChI is InChI=1S/C16H13BrFNO5/c1-9(15(21)10-2-4-11(18)5-3-10)23-14(20)8-19-16(22)12-6-7-13(17)24-12/h2-7,9H,8H2,1H3,(H,19,22)/t9-/m1/s1. The fraction of sp³-hybridized carbons (Fsp3) is 0.188. The predicted molar refractivity (Wildman–Crippen MR) is 85.0 cm³/mol. The molecule has 0 saturated carbocycles. The van der Waals surface area contributed by atoms with Crippen molar-refractivity contribution in [3.8, 4) is 0 Å². The highest BCUT2D eigenvalue weighted by Gasteiger charge is 2.20. The first-order valence-corrected chi connectivity index (χ1v) is 7.69. The summed E-state index contributed by atoms with van der Waals surface area (Å²) in [4.78, 5) is 35.4. The Labute approximate surface area is 145 Å². The quantitative estimate of drug-likeness (QED) is 0.598. The normalized spacial score (nSPS) is 11.6. The molecular weight excluding hydrogens is 385 g/mol. The van der Waals surface area contributed by atoms with Gasteiger partial charge < -0.3 is 14.5 Å². The predicted octanol–water partition coefficient (Wildman–Crippen LogP) is 2.73. The molecule has 1 amide bonds. The molecule has 0 radical (unpaired) electrons. The maximum atomic E-state index is 12.8. The van der Waals surface area contributed by atoms with Crippen molar-refractivity contribution in [3.63, 3.8) is 0 Å². The van der Waals surface area contributed by atoms with Gasteiger partial charge in [-0.15, -0.1) is 0 Å². The molecule has 0 saturated heterocycles. The fourth-order valence-electron chi connectivity index (χ4n) is 1.82. The average molecular weight is 398 g/mol. The number of rotatable bonds is 6. The molecule has 8 heteroatoms. The van der Waals surface area contributed by atoms with Gasteiger partial charge in [-0.1, -0.05) is 0 Å². The molecule has 6 nitrogen and oxygen atoms in total. The van der Waals surface area contributed by atoms with Gasteiger partial charge in [0, 0.05) is 5.56 Å². The summed E-state index contributed by atoms with van der Waals surface area (Å²) in [6.07, 6.45) is -1.06. The van der Waals surface area contributed by atoms with Gasteiger partial charge in [-0.05, 0) is 59.3 Å². The minimum atomic E-state index is -1.06. The smallest absolute Gasteiger partial charge is 0.326 e. The van der Waals surface area contributed by atoms with E-state index >= 15 is 0 Å². The van der Waals surface area contributed by atoms with E-state index in [1.54, 1.807) is 0 Å². The summed E-state index contributed by atoms with van der Waals surface area (Å²) >= 11 is 3.06. The molecule has 1 N–H and O–H groups in total. The molecule has 0 spiro atoms. The number of carbonyl (C=O) groups excluding carboxylic acids is 3. The lowest BCUT2D eigenvalue weighted by molar-refractivity contribution is -0.145. The van der Waals surface area contributed by atoms with Gasteiger partial charge >= 0.3 is 5.97 Å². The van der Waals surface area contributed by atoms with Crippen molar-refractivity contribution < 1.29 is 27.9 Å². The lowest BCUT2D eigenvalue weighted by Gasteiger charge is -2.12. The highest BCUT2D eigenvalue weighted by Crippen LogP contribution is 2.13. The van der Waals surface area contributed by atoms with E-state index < -0.39 is 36.1 Å². The van der Waals surface area contributed by atoms with E-state index in [0.717, 1.165) is 12.1 Å². The molecule has 2 aromatic rings. The van der Waals surface area contributed by atoms with Crippen LogP contribution in [0.4, 0.5) is 4.39 Å². The van der Waals surface area contributed by atoms with Gasteiger partial charge in [-0.2, -0.15) is 0 Å². The lowest BCUT2D eigenvalue weighted by atomic mass is 10.1. The number of hydrogen-bond acceptors (Lipinski definition) is 5. The zero-order valence-electron chi connectivity index (χ0n) is 12.5. The van der Waals surface area contributed by atoms with E-state index in [-0.39, 0.29) is 11.3 Å². The second kappa shape index (κ2) is 7.87. The van der Waals surface area contributed by atoms with Crippen molar-refractivity contribution in [2.45, 2.75) is 13.0 Å². The van der Waals surface area contributed by atoms with E-state index in [0.29, 0.717) is 4.67 Å². The number of amides is 1. The summed E-state index contributed by atoms with van der Waals surface area (Å²) in [7, 11) is 0. The van der Waals surface area contributed by atoms with Crippen molar-refractivity contribution in [1.82, 2.24) is 5.32 Å². The maximum absolute atomic E-state index is 12.8. The van der Waals surface area contributed by atoms with Gasteiger partial charge in [0.25, 0.3) is 5.91 Å². The Morgan fingerprint density at radius 2 is 1.88 bits per heavy atom. The summed E-state index contributed by atoms with van der Waals surface area (Å²) < 4.78 is 23.2. The van der Waals surface area contributed by atoms with E-state index in [1.807, 2.05) is 0 Å². The molecule has 126 valence electrons. The Morgan fingerprint density at radius 1 is 1.21 bits per heavy atom. The van der Waals surface area contributed by atoms with Gasteiger partial charge in [0.05, 0.1) is 0 Å². The van der Waals surface area contributed by atoms with Crippen molar-refractivity contribution in [2.75, 3.05) is 6.54 Å². The van der Waals surface area contributed by atoms with Gasteiger partial charge in [-0.3, -0.25) is 14.4 Å². The number of esters is 1. The Bertz CT molecular complexity index is 756. The SMILES string of the molecule is C[C@@H](OC(=O)CNC(=O)c1ccc(Br)o1)C(=O)c1ccc(F)cc1. The first kappa shape index (κ1) is 17.9. The second-order valence-electron chi connectivity index (χ2n) is 4.79. The van der Waals surface area contributed by atoms with Crippen LogP contribution >= 0.6 is 15.9 Å². The van der Waals surface area contributed by atoms with Crippen LogP contribution in [0.2, 0.25) is 0 Å². The highest BCUT2D eigenvalue weighted by atomic mass is 79.9. The minimum Gasteiger partial charge on any atom is -0.453 e. The Hall–Kier alpha value is -2.48. The summed E-state index contributed by atoms with van der Waals surface area (Å²) in [5.74, 6) is -2.27. The average Bonchev–Trinajstić information content (AvgIpc) is 2.99. The first-order valence-electron chi connectivity index (χ1n) is 6.89. The Kier molecular flexibility index (Phi) is 5.86. The number of Topliss-reactive ketones (excluding diaryl/α,β-unsaturated/α-hetero) is 1. The van der Waals surface area contributed by atoms with Crippen LogP contribution in [0, 0.1) is 5.82 Å². The first-order chi connectivity index (χ1) is 11.4. The minimum absolute atomic E-state index is 0.0325. The Morgan fingerprint density at radius 3 is 2.46 bits per heavy atom. The molecule has 0 fully saturated rings. The van der Waals surface area contributed by atoms with Crippen LogP contribution in [0.25, 0.3) is 0 Å². The van der Waals surface area contributed by atoms with Gasteiger partial charge in [0.2, 0.25) is 5.78 Å². The third-order valence-corrected chi connectivity index (χ3v) is 3.42. The van der Waals surface area contributed by atoms with Crippen LogP contribution in [0.15, 0.2) is 45.5 Å². The highest BCUT2D eigenvalue weighted by molar-refractivity contribution is 9.10. The zero-order chi connectivity index (χ0) is 17.7. The number of benzene rings is 1. The molecule has 2 rings (SSSR count). The zero-order valence-corrected chi connectivity index (χ0v) is 14.1. The second-order valence-corrected chi connectivity index (χ2v) is 5.57. The molecule has 1 aromatic carbocycles. The van der Waals surface area contributed by atoms with Crippen LogP contribution in [-0.2, 0) is 9.53 Å². The third-order valence-electron chi connectivity index (χ3n) is 3.00. The number of carbonyl (C=O) groups is 3. The van der Waals surface area contributed by atoms with Crippen molar-refractivity contribution >= 4 is 33.6 Å². The number of ether oxygens (including phenoxy) is 1. The van der Waals surface area contributed by atoms with Crippen molar-refractivity contribution in [1.29, 1.82) is 0 Å². The number of nitrogens with one attached hydrogen (secondary N) is 1.